The van der Waals surface area contributed by atoms with Gasteiger partial charge in [0, 0.05) is 36.5 Å². The van der Waals surface area contributed by atoms with Crippen molar-refractivity contribution in [3.63, 3.8) is 0 Å². The van der Waals surface area contributed by atoms with Gasteiger partial charge < -0.3 is 9.64 Å². The Hall–Kier alpha value is -2.69. The molecule has 1 aliphatic heterocycles. The number of para-hydroxylation sites is 1. The quantitative estimate of drug-likeness (QED) is 0.336. The Balaban J connectivity index is 1.43. The van der Waals surface area contributed by atoms with Crippen molar-refractivity contribution in [1.82, 2.24) is 4.98 Å². The molecule has 0 aliphatic carbocycles. The summed E-state index contributed by atoms with van der Waals surface area (Å²) in [4.78, 5) is 17.2. The molecule has 4 rings (SSSR count). The van der Waals surface area contributed by atoms with Crippen LogP contribution < -0.4 is 9.64 Å². The van der Waals surface area contributed by atoms with E-state index in [2.05, 4.69) is 4.90 Å². The lowest BCUT2D eigenvalue weighted by Gasteiger charge is -2.31. The number of nitro groups is 1. The average molecular weight is 508 g/mol. The molecule has 0 bridgehead atoms. The molecule has 0 radical (unpaired) electrons. The predicted molar refractivity (Wildman–Crippen MR) is 128 cm³/mol. The smallest absolute Gasteiger partial charge is 0.289 e. The minimum Gasteiger partial charge on any atom is -0.496 e. The van der Waals surface area contributed by atoms with E-state index in [9.17, 15) is 18.5 Å². The Morgan fingerprint density at radius 3 is 2.67 bits per heavy atom. The standard InChI is InChI=1S/C22H22ClN3O5S2/c1-31-21-5-3-2-4-15(21)12-16-14-32-22(24-16)25-10-8-17(9-11-25)33(29,30)18-6-7-19(23)20(13-18)26(27)28/h2-7,13-14,17H,8-12H2,1H3. The van der Waals surface area contributed by atoms with Gasteiger partial charge in [-0.15, -0.1) is 11.3 Å². The second-order valence-corrected chi connectivity index (χ2v) is 11.2. The Morgan fingerprint density at radius 2 is 1.97 bits per heavy atom. The van der Waals surface area contributed by atoms with E-state index in [4.69, 9.17) is 21.3 Å². The third kappa shape index (κ3) is 4.97. The summed E-state index contributed by atoms with van der Waals surface area (Å²) in [6.45, 7) is 1.09. The van der Waals surface area contributed by atoms with Crippen molar-refractivity contribution in [2.45, 2.75) is 29.4 Å². The van der Waals surface area contributed by atoms with Gasteiger partial charge in [0.25, 0.3) is 5.69 Å². The first-order chi connectivity index (χ1) is 15.8. The van der Waals surface area contributed by atoms with E-state index in [1.807, 2.05) is 29.6 Å². The van der Waals surface area contributed by atoms with Crippen molar-refractivity contribution in [2.75, 3.05) is 25.1 Å². The summed E-state index contributed by atoms with van der Waals surface area (Å²) >= 11 is 7.36. The van der Waals surface area contributed by atoms with Gasteiger partial charge >= 0.3 is 0 Å². The van der Waals surface area contributed by atoms with Crippen LogP contribution in [0.5, 0.6) is 5.75 Å². The molecule has 1 aromatic heterocycles. The second kappa shape index (κ2) is 9.66. The Kier molecular flexibility index (Phi) is 6.87. The molecule has 0 atom stereocenters. The monoisotopic (exact) mass is 507 g/mol. The number of nitro benzene ring substituents is 1. The first kappa shape index (κ1) is 23.5. The van der Waals surface area contributed by atoms with Crippen LogP contribution in [0.1, 0.15) is 24.1 Å². The van der Waals surface area contributed by atoms with E-state index in [1.54, 1.807) is 7.11 Å². The molecule has 0 saturated carbocycles. The van der Waals surface area contributed by atoms with E-state index in [-0.39, 0.29) is 9.92 Å². The number of piperidine rings is 1. The van der Waals surface area contributed by atoms with Crippen LogP contribution in [0.4, 0.5) is 10.8 Å². The molecule has 1 fully saturated rings. The number of hydrogen-bond donors (Lipinski definition) is 0. The van der Waals surface area contributed by atoms with Crippen LogP contribution in [-0.2, 0) is 16.3 Å². The minimum atomic E-state index is -3.70. The van der Waals surface area contributed by atoms with Crippen LogP contribution in [0.15, 0.2) is 52.7 Å². The summed E-state index contributed by atoms with van der Waals surface area (Å²) in [5.74, 6) is 0.820. The van der Waals surface area contributed by atoms with Gasteiger partial charge in [0.2, 0.25) is 0 Å². The van der Waals surface area contributed by atoms with Crippen LogP contribution in [0, 0.1) is 10.1 Å². The van der Waals surface area contributed by atoms with E-state index >= 15 is 0 Å². The summed E-state index contributed by atoms with van der Waals surface area (Å²) in [6, 6.07) is 11.5. The highest BCUT2D eigenvalue weighted by Crippen LogP contribution is 2.33. The molecular weight excluding hydrogens is 486 g/mol. The van der Waals surface area contributed by atoms with Crippen molar-refractivity contribution in [1.29, 1.82) is 0 Å². The van der Waals surface area contributed by atoms with Crippen molar-refractivity contribution >= 4 is 43.6 Å². The molecule has 8 nitrogen and oxygen atoms in total. The lowest BCUT2D eigenvalue weighted by atomic mass is 10.1. The largest absolute Gasteiger partial charge is 0.496 e. The maximum Gasteiger partial charge on any atom is 0.289 e. The molecule has 0 spiro atoms. The van der Waals surface area contributed by atoms with E-state index in [0.717, 1.165) is 28.2 Å². The highest BCUT2D eigenvalue weighted by atomic mass is 35.5. The third-order valence-electron chi connectivity index (χ3n) is 5.70. The van der Waals surface area contributed by atoms with Crippen molar-refractivity contribution in [3.05, 3.63) is 74.2 Å². The molecule has 1 aliphatic rings. The number of sulfone groups is 1. The first-order valence-electron chi connectivity index (χ1n) is 10.3. The topological polar surface area (TPSA) is 103 Å². The number of benzene rings is 2. The van der Waals surface area contributed by atoms with Gasteiger partial charge in [-0.1, -0.05) is 29.8 Å². The second-order valence-electron chi connectivity index (χ2n) is 7.71. The third-order valence-corrected chi connectivity index (χ3v) is 9.23. The molecule has 174 valence electrons. The average Bonchev–Trinajstić information content (AvgIpc) is 3.28. The zero-order valence-electron chi connectivity index (χ0n) is 17.8. The molecule has 11 heteroatoms. The van der Waals surface area contributed by atoms with Crippen molar-refractivity contribution < 1.29 is 18.1 Å². The molecule has 2 heterocycles. The van der Waals surface area contributed by atoms with Gasteiger partial charge in [-0.3, -0.25) is 10.1 Å². The summed E-state index contributed by atoms with van der Waals surface area (Å²) in [7, 11) is -2.06. The SMILES string of the molecule is COc1ccccc1Cc1csc(N2CCC(S(=O)(=O)c3ccc(Cl)c([N+](=O)[O-])c3)CC2)n1. The fourth-order valence-corrected chi connectivity index (χ4v) is 6.74. The molecule has 1 saturated heterocycles. The highest BCUT2D eigenvalue weighted by Gasteiger charge is 2.33. The van der Waals surface area contributed by atoms with E-state index in [0.29, 0.717) is 32.4 Å². The van der Waals surface area contributed by atoms with E-state index in [1.165, 1.54) is 23.5 Å². The highest BCUT2D eigenvalue weighted by molar-refractivity contribution is 7.92. The van der Waals surface area contributed by atoms with Gasteiger partial charge in [0.1, 0.15) is 10.8 Å². The normalized spacial score (nSPS) is 14.9. The molecule has 3 aromatic rings. The van der Waals surface area contributed by atoms with Gasteiger partial charge in [0.05, 0.1) is 27.9 Å². The van der Waals surface area contributed by atoms with Crippen molar-refractivity contribution in [3.8, 4) is 5.75 Å². The molecule has 0 unspecified atom stereocenters. The van der Waals surface area contributed by atoms with Crippen LogP contribution in [0.3, 0.4) is 0 Å². The van der Waals surface area contributed by atoms with Crippen LogP contribution in [0.2, 0.25) is 5.02 Å². The summed E-state index contributed by atoms with van der Waals surface area (Å²) in [5.41, 5.74) is 1.59. The number of hydrogen-bond acceptors (Lipinski definition) is 8. The molecule has 0 N–H and O–H groups in total. The van der Waals surface area contributed by atoms with Gasteiger partial charge in [-0.25, -0.2) is 13.4 Å². The molecule has 2 aromatic carbocycles. The zero-order chi connectivity index (χ0) is 23.6. The molecular formula is C22H22ClN3O5S2. The fraction of sp³-hybridized carbons (Fsp3) is 0.318. The number of ether oxygens (including phenoxy) is 1. The lowest BCUT2D eigenvalue weighted by molar-refractivity contribution is -0.384. The number of thiazole rings is 1. The molecule has 33 heavy (non-hydrogen) atoms. The number of methoxy groups -OCH3 is 1. The number of nitrogens with zero attached hydrogens (tertiary/aromatic N) is 3. The maximum atomic E-state index is 13.1. The minimum absolute atomic E-state index is 0.0645. The Labute approximate surface area is 200 Å². The van der Waals surface area contributed by atoms with Crippen LogP contribution in [-0.4, -0.2) is 43.8 Å². The van der Waals surface area contributed by atoms with Gasteiger partial charge in [-0.05, 0) is 31.0 Å². The van der Waals surface area contributed by atoms with Crippen LogP contribution in [0.25, 0.3) is 0 Å². The maximum absolute atomic E-state index is 13.1. The summed E-state index contributed by atoms with van der Waals surface area (Å²) in [6.07, 6.45) is 1.49. The number of aromatic nitrogens is 1. The van der Waals surface area contributed by atoms with E-state index < -0.39 is 25.7 Å². The lowest BCUT2D eigenvalue weighted by Crippen LogP contribution is -2.39. The number of halogens is 1. The van der Waals surface area contributed by atoms with Gasteiger partial charge in [-0.2, -0.15) is 0 Å². The van der Waals surface area contributed by atoms with Crippen LogP contribution >= 0.6 is 22.9 Å². The predicted octanol–water partition coefficient (Wildman–Crippen LogP) is 4.75. The van der Waals surface area contributed by atoms with Crippen molar-refractivity contribution in [2.24, 2.45) is 0 Å². The number of anilines is 1. The molecule has 0 amide bonds. The first-order valence-corrected chi connectivity index (χ1v) is 13.1. The zero-order valence-corrected chi connectivity index (χ0v) is 20.2. The summed E-state index contributed by atoms with van der Waals surface area (Å²) in [5, 5.41) is 13.3. The Morgan fingerprint density at radius 1 is 1.24 bits per heavy atom. The fourth-order valence-electron chi connectivity index (χ4n) is 3.93. The summed E-state index contributed by atoms with van der Waals surface area (Å²) < 4.78 is 31.6. The number of rotatable bonds is 7. The Bertz CT molecular complexity index is 1270. The van der Waals surface area contributed by atoms with Gasteiger partial charge in [0.15, 0.2) is 15.0 Å².